The number of hydrogen-bond acceptors (Lipinski definition) is 3. The maximum Gasteiger partial charge on any atom is 0.108 e. The zero-order valence-corrected chi connectivity index (χ0v) is 8.41. The summed E-state index contributed by atoms with van der Waals surface area (Å²) in [7, 11) is 2.07. The lowest BCUT2D eigenvalue weighted by Gasteiger charge is -2.12. The summed E-state index contributed by atoms with van der Waals surface area (Å²) in [5.74, 6) is 0. The van der Waals surface area contributed by atoms with Crippen LogP contribution in [-0.4, -0.2) is 43.5 Å². The van der Waals surface area contributed by atoms with Gasteiger partial charge in [-0.3, -0.25) is 4.90 Å². The Hall–Kier alpha value is -0.120. The molecular weight excluding hydrogens is 154 g/mol. The molecule has 0 bridgehead atoms. The lowest BCUT2D eigenvalue weighted by molar-refractivity contribution is -0.0355. The van der Waals surface area contributed by atoms with E-state index in [1.807, 2.05) is 13.8 Å². The van der Waals surface area contributed by atoms with Crippen LogP contribution in [0.3, 0.4) is 0 Å². The van der Waals surface area contributed by atoms with Gasteiger partial charge in [-0.1, -0.05) is 0 Å². The van der Waals surface area contributed by atoms with E-state index >= 15 is 0 Å². The highest BCUT2D eigenvalue weighted by molar-refractivity contribution is 4.72. The van der Waals surface area contributed by atoms with Gasteiger partial charge in [-0.15, -0.1) is 0 Å². The number of likely N-dealkylation sites (N-methyl/N-ethyl adjacent to an activating group) is 1. The molecule has 3 heteroatoms. The van der Waals surface area contributed by atoms with Crippen LogP contribution in [0.5, 0.6) is 0 Å². The van der Waals surface area contributed by atoms with Crippen molar-refractivity contribution in [1.29, 1.82) is 0 Å². The van der Waals surface area contributed by atoms with E-state index < -0.39 is 0 Å². The Kier molecular flexibility index (Phi) is 3.50. The molecule has 1 saturated heterocycles. The molecule has 0 saturated carbocycles. The van der Waals surface area contributed by atoms with E-state index in [1.54, 1.807) is 0 Å². The van der Waals surface area contributed by atoms with Crippen LogP contribution in [-0.2, 0) is 9.47 Å². The molecule has 2 unspecified atom stereocenters. The predicted molar refractivity (Wildman–Crippen MR) is 48.1 cm³/mol. The summed E-state index contributed by atoms with van der Waals surface area (Å²) in [5, 5.41) is 0. The van der Waals surface area contributed by atoms with Gasteiger partial charge in [0.15, 0.2) is 0 Å². The van der Waals surface area contributed by atoms with Crippen molar-refractivity contribution in [2.45, 2.75) is 39.2 Å². The fourth-order valence-electron chi connectivity index (χ4n) is 1.29. The first-order chi connectivity index (χ1) is 5.59. The molecule has 1 aliphatic heterocycles. The zero-order chi connectivity index (χ0) is 9.14. The van der Waals surface area contributed by atoms with Gasteiger partial charge in [0.05, 0.1) is 18.8 Å². The van der Waals surface area contributed by atoms with E-state index in [0.717, 1.165) is 6.54 Å². The van der Waals surface area contributed by atoms with Gasteiger partial charge in [-0.25, -0.2) is 0 Å². The van der Waals surface area contributed by atoms with Crippen LogP contribution in [0.1, 0.15) is 20.8 Å². The fourth-order valence-corrected chi connectivity index (χ4v) is 1.29. The molecule has 12 heavy (non-hydrogen) atoms. The van der Waals surface area contributed by atoms with Gasteiger partial charge >= 0.3 is 0 Å². The molecule has 0 aromatic carbocycles. The van der Waals surface area contributed by atoms with Crippen molar-refractivity contribution in [3.05, 3.63) is 0 Å². The minimum Gasteiger partial charge on any atom is -0.376 e. The molecule has 0 radical (unpaired) electrons. The summed E-state index contributed by atoms with van der Waals surface area (Å²) >= 11 is 0. The second-order valence-electron chi connectivity index (χ2n) is 3.68. The van der Waals surface area contributed by atoms with Crippen LogP contribution in [0.4, 0.5) is 0 Å². The smallest absolute Gasteiger partial charge is 0.108 e. The summed E-state index contributed by atoms with van der Waals surface area (Å²) in [4.78, 5) is 2.19. The Labute approximate surface area is 74.6 Å². The summed E-state index contributed by atoms with van der Waals surface area (Å²) in [6.07, 6.45) is 0.799. The van der Waals surface area contributed by atoms with E-state index in [9.17, 15) is 0 Å². The lowest BCUT2D eigenvalue weighted by Crippen LogP contribution is -2.24. The van der Waals surface area contributed by atoms with Crippen molar-refractivity contribution in [3.63, 3.8) is 0 Å². The van der Waals surface area contributed by atoms with Gasteiger partial charge in [-0.2, -0.15) is 0 Å². The second kappa shape index (κ2) is 4.21. The van der Waals surface area contributed by atoms with Crippen LogP contribution < -0.4 is 0 Å². The van der Waals surface area contributed by atoms with E-state index in [0.29, 0.717) is 12.7 Å². The summed E-state index contributed by atoms with van der Waals surface area (Å²) in [5.41, 5.74) is 0. The molecule has 0 N–H and O–H groups in total. The molecule has 1 rings (SSSR count). The Balaban J connectivity index is 2.19. The second-order valence-corrected chi connectivity index (χ2v) is 3.68. The van der Waals surface area contributed by atoms with E-state index in [2.05, 4.69) is 18.9 Å². The quantitative estimate of drug-likeness (QED) is 0.637. The normalized spacial score (nSPS) is 31.8. The average molecular weight is 173 g/mol. The van der Waals surface area contributed by atoms with Crippen LogP contribution in [0.25, 0.3) is 0 Å². The maximum absolute atomic E-state index is 5.62. The minimum atomic E-state index is 0.241. The first-order valence-corrected chi connectivity index (χ1v) is 4.57. The van der Waals surface area contributed by atoms with Crippen LogP contribution in [0.15, 0.2) is 0 Å². The molecule has 3 nitrogen and oxygen atoms in total. The van der Waals surface area contributed by atoms with Crippen molar-refractivity contribution in [2.75, 3.05) is 20.2 Å². The maximum atomic E-state index is 5.62. The molecule has 0 spiro atoms. The van der Waals surface area contributed by atoms with Crippen LogP contribution in [0.2, 0.25) is 0 Å². The zero-order valence-electron chi connectivity index (χ0n) is 8.41. The van der Waals surface area contributed by atoms with Crippen LogP contribution in [0, 0.1) is 0 Å². The molecule has 1 aliphatic rings. The fraction of sp³-hybridized carbons (Fsp3) is 1.00. The first-order valence-electron chi connectivity index (χ1n) is 4.57. The minimum absolute atomic E-state index is 0.241. The third-order valence-corrected chi connectivity index (χ3v) is 2.12. The Morgan fingerprint density at radius 1 is 1.58 bits per heavy atom. The van der Waals surface area contributed by atoms with Gasteiger partial charge in [0, 0.05) is 6.54 Å². The number of nitrogens with zero attached hydrogens (tertiary/aromatic N) is 1. The molecule has 2 atom stereocenters. The molecule has 0 aliphatic carbocycles. The van der Waals surface area contributed by atoms with Crippen molar-refractivity contribution >= 4 is 0 Å². The van der Waals surface area contributed by atoms with Crippen molar-refractivity contribution in [3.8, 4) is 0 Å². The van der Waals surface area contributed by atoms with E-state index in [1.165, 1.54) is 0 Å². The topological polar surface area (TPSA) is 21.7 Å². The van der Waals surface area contributed by atoms with Gasteiger partial charge in [0.2, 0.25) is 0 Å². The average Bonchev–Trinajstić information content (AvgIpc) is 2.28. The molecular formula is C9H19NO2. The van der Waals surface area contributed by atoms with E-state index in [-0.39, 0.29) is 12.3 Å². The summed E-state index contributed by atoms with van der Waals surface area (Å²) in [6, 6.07) is 0. The van der Waals surface area contributed by atoms with Gasteiger partial charge in [-0.05, 0) is 27.8 Å². The molecule has 72 valence electrons. The number of ether oxygens (including phenoxy) is 2. The third-order valence-electron chi connectivity index (χ3n) is 2.12. The van der Waals surface area contributed by atoms with Gasteiger partial charge in [0.25, 0.3) is 0 Å². The predicted octanol–water partition coefficient (Wildman–Crippen LogP) is 1.09. The van der Waals surface area contributed by atoms with E-state index in [4.69, 9.17) is 9.47 Å². The summed E-state index contributed by atoms with van der Waals surface area (Å²) < 4.78 is 11.1. The molecule has 1 fully saturated rings. The number of rotatable bonds is 3. The highest BCUT2D eigenvalue weighted by Gasteiger charge is 2.26. The molecule has 0 aromatic heterocycles. The Morgan fingerprint density at radius 2 is 2.25 bits per heavy atom. The third kappa shape index (κ3) is 2.73. The monoisotopic (exact) mass is 173 g/mol. The Bertz CT molecular complexity index is 128. The summed E-state index contributed by atoms with van der Waals surface area (Å²) in [6.45, 7) is 7.85. The van der Waals surface area contributed by atoms with Crippen molar-refractivity contribution in [2.24, 2.45) is 0 Å². The highest BCUT2D eigenvalue weighted by atomic mass is 16.6. The molecule has 1 heterocycles. The van der Waals surface area contributed by atoms with Crippen LogP contribution >= 0.6 is 0 Å². The standard InChI is InChI=1S/C9H19NO2/c1-7(2)11-6-9-5-10(4)8(3)12-9/h7-9H,5-6H2,1-4H3. The molecule has 0 aromatic rings. The largest absolute Gasteiger partial charge is 0.376 e. The SMILES string of the molecule is CC(C)OCC1CN(C)C(C)O1. The van der Waals surface area contributed by atoms with Gasteiger partial charge in [0.1, 0.15) is 6.23 Å². The Morgan fingerprint density at radius 3 is 2.67 bits per heavy atom. The highest BCUT2D eigenvalue weighted by Crippen LogP contribution is 2.13. The first kappa shape index (κ1) is 9.96. The van der Waals surface area contributed by atoms with Gasteiger partial charge < -0.3 is 9.47 Å². The lowest BCUT2D eigenvalue weighted by atomic mass is 10.3. The van der Waals surface area contributed by atoms with Crippen molar-refractivity contribution < 1.29 is 9.47 Å². The number of hydrogen-bond donors (Lipinski definition) is 0. The molecule has 0 amide bonds. The van der Waals surface area contributed by atoms with Crippen molar-refractivity contribution in [1.82, 2.24) is 4.90 Å².